The van der Waals surface area contributed by atoms with Gasteiger partial charge in [-0.1, -0.05) is 131 Å². The number of nitrogens with two attached hydrogens (primary N) is 1. The van der Waals surface area contributed by atoms with Crippen LogP contribution in [0.15, 0.2) is 130 Å². The topological polar surface area (TPSA) is 198 Å². The summed E-state index contributed by atoms with van der Waals surface area (Å²) >= 11 is 11.6. The highest BCUT2D eigenvalue weighted by Crippen LogP contribution is 2.46. The maximum atomic E-state index is 14.4. The van der Waals surface area contributed by atoms with Gasteiger partial charge in [-0.3, -0.25) is 19.5 Å². The first-order valence-electron chi connectivity index (χ1n) is 19.5. The van der Waals surface area contributed by atoms with Gasteiger partial charge in [-0.25, -0.2) is 14.6 Å². The highest BCUT2D eigenvalue weighted by Gasteiger charge is 2.55. The van der Waals surface area contributed by atoms with Crippen molar-refractivity contribution in [2.24, 2.45) is 5.16 Å². The van der Waals surface area contributed by atoms with Crippen molar-refractivity contribution >= 4 is 92.9 Å². The average Bonchev–Trinajstić information content (AvgIpc) is 3.61. The van der Waals surface area contributed by atoms with Crippen LogP contribution in [-0.2, 0) is 35.3 Å². The van der Waals surface area contributed by atoms with Crippen molar-refractivity contribution in [1.82, 2.24) is 25.5 Å². The molecule has 0 spiro atoms. The summed E-state index contributed by atoms with van der Waals surface area (Å²) in [5.41, 5.74) is 6.39. The second-order valence-electron chi connectivity index (χ2n) is 15.0. The summed E-state index contributed by atoms with van der Waals surface area (Å²) < 4.78 is 5.36. The Morgan fingerprint density at radius 2 is 1.59 bits per heavy atom. The van der Waals surface area contributed by atoms with Gasteiger partial charge in [-0.05, 0) is 32.9 Å². The Morgan fingerprint density at radius 1 is 0.968 bits per heavy atom. The molecule has 5 N–H and O–H groups in total. The number of ether oxygens (including phenoxy) is 1. The maximum absolute atomic E-state index is 14.4. The van der Waals surface area contributed by atoms with Gasteiger partial charge in [0, 0.05) is 56.5 Å². The molecule has 3 amide bonds. The molecule has 4 heterocycles. The highest BCUT2D eigenvalue weighted by molar-refractivity contribution is 8.06. The molecule has 0 aliphatic carbocycles. The Morgan fingerprint density at radius 3 is 2.14 bits per heavy atom. The minimum absolute atomic E-state index is 0.0470. The number of thiazole rings is 1. The number of hydrogen-bond acceptors (Lipinski definition) is 14. The Hall–Kier alpha value is -5.53. The molecule has 1 fully saturated rings. The molecule has 5 aromatic rings. The fourth-order valence-corrected chi connectivity index (χ4v) is 11.2. The second-order valence-corrected chi connectivity index (χ2v) is 19.9. The molecule has 2 aliphatic rings. The number of nitrogens with one attached hydrogen (secondary N) is 2. The van der Waals surface area contributed by atoms with Crippen LogP contribution in [0.25, 0.3) is 0 Å². The first-order chi connectivity index (χ1) is 30.3. The van der Waals surface area contributed by atoms with E-state index in [4.69, 9.17) is 26.9 Å². The van der Waals surface area contributed by atoms with Crippen LogP contribution in [0.2, 0.25) is 4.34 Å². The highest BCUT2D eigenvalue weighted by atomic mass is 35.5. The standard InChI is InChI=1S/C44H42ClN7O7S4/c1-43(2,3)58-42(57)48-22-23-60-24-29-30(20-13-21-47-29)62-31-25-61-39-34(38(54)52(39)35(31)40(55)56)49-37(53)33(32-36(45)63-41(46)50-32)51-59-44(26-14-7-4-8-15-26,27-16-9-5-10-17-27)28-18-11-6-12-19-28/h4-21,34,39H,22-25H2,1-3H3,(H2,46,50)(H,48,57)(H,49,53)(H,55,56)/b51-33-/t34-,39+/m1/s1. The molecule has 3 aromatic carbocycles. The number of β-lactam (4-membered cyclic amide) rings is 1. The van der Waals surface area contributed by atoms with Crippen molar-refractivity contribution < 1.29 is 33.9 Å². The predicted molar refractivity (Wildman–Crippen MR) is 249 cm³/mol. The lowest BCUT2D eigenvalue weighted by Crippen LogP contribution is -2.71. The van der Waals surface area contributed by atoms with E-state index in [9.17, 15) is 24.3 Å². The Bertz CT molecular complexity index is 2440. The number of carbonyl (C=O) groups excluding carboxylic acids is 3. The van der Waals surface area contributed by atoms with Crippen molar-refractivity contribution in [3.8, 4) is 0 Å². The van der Waals surface area contributed by atoms with Crippen molar-refractivity contribution in [1.29, 1.82) is 0 Å². The molecule has 14 nitrogen and oxygen atoms in total. The number of fused-ring (bicyclic) bond motifs is 1. The quantitative estimate of drug-likeness (QED) is 0.0247. The van der Waals surface area contributed by atoms with E-state index >= 15 is 0 Å². The van der Waals surface area contributed by atoms with Gasteiger partial charge in [-0.15, -0.1) is 11.8 Å². The number of benzene rings is 3. The summed E-state index contributed by atoms with van der Waals surface area (Å²) in [4.78, 5) is 71.1. The van der Waals surface area contributed by atoms with Crippen molar-refractivity contribution in [2.75, 3.05) is 23.8 Å². The first kappa shape index (κ1) is 45.5. The van der Waals surface area contributed by atoms with Crippen molar-refractivity contribution in [3.05, 3.63) is 152 Å². The molecule has 2 aromatic heterocycles. The maximum Gasteiger partial charge on any atom is 0.407 e. The number of rotatable bonds is 16. The average molecular weight is 945 g/mol. The number of anilines is 1. The summed E-state index contributed by atoms with van der Waals surface area (Å²) in [5, 5.41) is 19.8. The fourth-order valence-electron chi connectivity index (χ4n) is 6.79. The lowest BCUT2D eigenvalue weighted by Gasteiger charge is -2.49. The largest absolute Gasteiger partial charge is 0.477 e. The van der Waals surface area contributed by atoms with Crippen LogP contribution >= 0.6 is 58.2 Å². The Kier molecular flexibility index (Phi) is 14.4. The summed E-state index contributed by atoms with van der Waals surface area (Å²) in [6.07, 6.45) is 1.16. The molecule has 2 atom stereocenters. The van der Waals surface area contributed by atoms with Gasteiger partial charge in [0.25, 0.3) is 11.8 Å². The third-order valence-corrected chi connectivity index (χ3v) is 14.2. The number of nitrogens with zero attached hydrogens (tertiary/aromatic N) is 4. The number of pyridine rings is 1. The van der Waals surface area contributed by atoms with Gasteiger partial charge >= 0.3 is 12.1 Å². The zero-order valence-corrected chi connectivity index (χ0v) is 38.2. The van der Waals surface area contributed by atoms with Crippen molar-refractivity contribution in [2.45, 2.75) is 54.0 Å². The number of carboxylic acids is 1. The van der Waals surface area contributed by atoms with E-state index in [1.807, 2.05) is 97.1 Å². The fraction of sp³-hybridized carbons (Fsp3) is 0.250. The Balaban J connectivity index is 1.12. The molecule has 0 bridgehead atoms. The summed E-state index contributed by atoms with van der Waals surface area (Å²) in [6, 6.07) is 30.8. The molecule has 0 unspecified atom stereocenters. The van der Waals surface area contributed by atoms with E-state index in [2.05, 4.69) is 25.8 Å². The lowest BCUT2D eigenvalue weighted by molar-refractivity contribution is -0.150. The van der Waals surface area contributed by atoms with E-state index in [1.54, 1.807) is 44.8 Å². The minimum atomic E-state index is -1.37. The monoisotopic (exact) mass is 943 g/mol. The van der Waals surface area contributed by atoms with Crippen molar-refractivity contribution in [3.63, 3.8) is 0 Å². The van der Waals surface area contributed by atoms with Crippen LogP contribution in [0.3, 0.4) is 0 Å². The molecule has 0 radical (unpaired) electrons. The van der Waals surface area contributed by atoms with Gasteiger partial charge in [-0.2, -0.15) is 11.8 Å². The van der Waals surface area contributed by atoms with Gasteiger partial charge < -0.3 is 31.0 Å². The first-order valence-corrected chi connectivity index (χ1v) is 23.7. The van der Waals surface area contributed by atoms with Gasteiger partial charge in [0.2, 0.25) is 5.60 Å². The lowest BCUT2D eigenvalue weighted by atomic mass is 9.80. The summed E-state index contributed by atoms with van der Waals surface area (Å²) in [5.74, 6) is -1.42. The van der Waals surface area contributed by atoms with Crippen LogP contribution in [0.1, 0.15) is 48.8 Å². The predicted octanol–water partition coefficient (Wildman–Crippen LogP) is 7.73. The molecular weight excluding hydrogens is 902 g/mol. The SMILES string of the molecule is CC(C)(C)OC(=O)NCCSCc1ncccc1SC1=C(C(=O)O)N2C(=O)[C@@H](NC(=O)/C(=N\OC(c3ccccc3)(c3ccccc3)c3ccccc3)c3nc(N)sc3Cl)[C@@H]2SC1. The normalized spacial score (nSPS) is 16.5. The molecule has 0 saturated carbocycles. The minimum Gasteiger partial charge on any atom is -0.477 e. The molecule has 326 valence electrons. The summed E-state index contributed by atoms with van der Waals surface area (Å²) in [6.45, 7) is 5.77. The van der Waals surface area contributed by atoms with Crippen LogP contribution in [0.4, 0.5) is 9.93 Å². The number of nitrogen functional groups attached to an aromatic ring is 1. The van der Waals surface area contributed by atoms with E-state index in [0.717, 1.165) is 21.9 Å². The van der Waals surface area contributed by atoms with Crippen LogP contribution in [-0.4, -0.2) is 84.6 Å². The number of aliphatic carboxylic acids is 1. The van der Waals surface area contributed by atoms with Gasteiger partial charge in [0.1, 0.15) is 32.7 Å². The second kappa shape index (κ2) is 19.9. The molecular formula is C44H42ClN7O7S4. The molecule has 1 saturated heterocycles. The van der Waals surface area contributed by atoms with E-state index in [-0.39, 0.29) is 32.3 Å². The molecule has 7 rings (SSSR count). The van der Waals surface area contributed by atoms with Crippen LogP contribution in [0.5, 0.6) is 0 Å². The smallest absolute Gasteiger partial charge is 0.407 e. The number of thioether (sulfide) groups is 3. The third-order valence-electron chi connectivity index (χ3n) is 9.51. The van der Waals surface area contributed by atoms with Crippen LogP contribution in [0, 0.1) is 0 Å². The van der Waals surface area contributed by atoms with E-state index in [0.29, 0.717) is 39.6 Å². The molecule has 2 aliphatic heterocycles. The van der Waals surface area contributed by atoms with Crippen LogP contribution < -0.4 is 16.4 Å². The number of oxime groups is 1. The van der Waals surface area contributed by atoms with Gasteiger partial charge in [0.15, 0.2) is 10.8 Å². The third kappa shape index (κ3) is 10.3. The number of alkyl carbamates (subject to hydrolysis) is 1. The molecule has 19 heteroatoms. The zero-order valence-electron chi connectivity index (χ0n) is 34.1. The zero-order chi connectivity index (χ0) is 44.7. The number of carbonyl (C=O) groups is 4. The van der Waals surface area contributed by atoms with Gasteiger partial charge in [0.05, 0.1) is 5.69 Å². The van der Waals surface area contributed by atoms with E-state index in [1.165, 1.54) is 28.4 Å². The Labute approximate surface area is 385 Å². The number of amides is 3. The number of carboxylic acid groups (broad SMARTS) is 1. The molecule has 63 heavy (non-hydrogen) atoms. The van der Waals surface area contributed by atoms with E-state index < -0.39 is 46.5 Å². The number of aromatic nitrogens is 2. The summed E-state index contributed by atoms with van der Waals surface area (Å²) in [7, 11) is 0. The number of hydrogen-bond donors (Lipinski definition) is 4. The number of halogens is 1.